The minimum Gasteiger partial charge on any atom is -0.469 e. The van der Waals surface area contributed by atoms with Crippen molar-refractivity contribution in [2.24, 2.45) is 0 Å². The summed E-state index contributed by atoms with van der Waals surface area (Å²) in [5.74, 6) is -0.132. The number of aliphatic hydroxyl groups is 1. The molecule has 0 aliphatic rings. The van der Waals surface area contributed by atoms with Crippen LogP contribution in [0.3, 0.4) is 0 Å². The van der Waals surface area contributed by atoms with Crippen molar-refractivity contribution >= 4 is 17.3 Å². The molecule has 4 nitrogen and oxygen atoms in total. The van der Waals surface area contributed by atoms with Crippen molar-refractivity contribution in [2.45, 2.75) is 52.1 Å². The number of aromatic nitrogens is 1. The van der Waals surface area contributed by atoms with Gasteiger partial charge in [-0.05, 0) is 26.2 Å². The molecule has 0 atom stereocenters. The van der Waals surface area contributed by atoms with Crippen LogP contribution in [0.25, 0.3) is 0 Å². The summed E-state index contributed by atoms with van der Waals surface area (Å²) in [6, 6.07) is 0. The molecule has 0 saturated heterocycles. The van der Waals surface area contributed by atoms with Crippen molar-refractivity contribution < 1.29 is 14.6 Å². The Morgan fingerprint density at radius 3 is 2.72 bits per heavy atom. The monoisotopic (exact) mass is 271 g/mol. The Kier molecular flexibility index (Phi) is 6.90. The normalized spacial score (nSPS) is 10.6. The van der Waals surface area contributed by atoms with Crippen LogP contribution in [-0.4, -0.2) is 23.2 Å². The number of aryl methyl sites for hydroxylation is 2. The molecule has 0 unspecified atom stereocenters. The molecule has 0 fully saturated rings. The first-order valence-corrected chi connectivity index (χ1v) is 7.12. The Hall–Kier alpha value is -0.940. The van der Waals surface area contributed by atoms with E-state index in [2.05, 4.69) is 9.72 Å². The highest BCUT2D eigenvalue weighted by atomic mass is 32.1. The first kappa shape index (κ1) is 15.1. The van der Waals surface area contributed by atoms with Crippen LogP contribution >= 0.6 is 11.3 Å². The van der Waals surface area contributed by atoms with Crippen LogP contribution in [0.5, 0.6) is 0 Å². The molecule has 0 aliphatic carbocycles. The predicted octanol–water partition coefficient (Wildman–Crippen LogP) is 2.61. The minimum absolute atomic E-state index is 0.0865. The summed E-state index contributed by atoms with van der Waals surface area (Å²) in [6.45, 7) is 2.05. The molecule has 0 aliphatic heterocycles. The first-order chi connectivity index (χ1) is 8.67. The van der Waals surface area contributed by atoms with Gasteiger partial charge in [-0.2, -0.15) is 0 Å². The summed E-state index contributed by atoms with van der Waals surface area (Å²) in [4.78, 5) is 16.3. The van der Waals surface area contributed by atoms with E-state index in [-0.39, 0.29) is 12.6 Å². The molecule has 0 aromatic carbocycles. The van der Waals surface area contributed by atoms with Crippen LogP contribution < -0.4 is 0 Å². The molecule has 0 radical (unpaired) electrons. The lowest BCUT2D eigenvalue weighted by Crippen LogP contribution is -1.99. The van der Waals surface area contributed by atoms with E-state index < -0.39 is 0 Å². The number of esters is 1. The lowest BCUT2D eigenvalue weighted by molar-refractivity contribution is -0.140. The largest absolute Gasteiger partial charge is 0.469 e. The van der Waals surface area contributed by atoms with E-state index in [1.54, 1.807) is 11.3 Å². The Morgan fingerprint density at radius 2 is 2.06 bits per heavy atom. The lowest BCUT2D eigenvalue weighted by Gasteiger charge is -2.01. The summed E-state index contributed by atoms with van der Waals surface area (Å²) < 4.78 is 4.58. The quantitative estimate of drug-likeness (QED) is 0.583. The van der Waals surface area contributed by atoms with Crippen molar-refractivity contribution in [1.29, 1.82) is 0 Å². The highest BCUT2D eigenvalue weighted by molar-refractivity contribution is 7.11. The first-order valence-electron chi connectivity index (χ1n) is 6.30. The van der Waals surface area contributed by atoms with Gasteiger partial charge in [0.05, 0.1) is 29.3 Å². The van der Waals surface area contributed by atoms with Crippen molar-refractivity contribution in [3.8, 4) is 0 Å². The van der Waals surface area contributed by atoms with Crippen molar-refractivity contribution in [1.82, 2.24) is 4.98 Å². The molecule has 1 N–H and O–H groups in total. The van der Waals surface area contributed by atoms with Gasteiger partial charge >= 0.3 is 5.97 Å². The zero-order chi connectivity index (χ0) is 13.4. The lowest BCUT2D eigenvalue weighted by atomic mass is 10.1. The molecule has 1 aromatic heterocycles. The summed E-state index contributed by atoms with van der Waals surface area (Å²) in [5, 5.41) is 10.2. The molecule has 1 aromatic rings. The number of nitrogens with zero attached hydrogens (tertiary/aromatic N) is 1. The average Bonchev–Trinajstić information content (AvgIpc) is 2.73. The van der Waals surface area contributed by atoms with E-state index in [4.69, 9.17) is 0 Å². The number of unbranched alkanes of at least 4 members (excludes halogenated alkanes) is 3. The number of carbonyl (C=O) groups is 1. The van der Waals surface area contributed by atoms with Crippen molar-refractivity contribution in [3.63, 3.8) is 0 Å². The third kappa shape index (κ3) is 5.14. The van der Waals surface area contributed by atoms with Crippen LogP contribution in [0.1, 0.15) is 47.7 Å². The van der Waals surface area contributed by atoms with E-state index >= 15 is 0 Å². The molecular formula is C13H21NO3S. The summed E-state index contributed by atoms with van der Waals surface area (Å²) in [7, 11) is 1.42. The Labute approximate surface area is 112 Å². The van der Waals surface area contributed by atoms with Crippen LogP contribution in [-0.2, 0) is 22.6 Å². The number of hydrogen-bond acceptors (Lipinski definition) is 5. The summed E-state index contributed by atoms with van der Waals surface area (Å²) in [5.41, 5.74) is 1.04. The van der Waals surface area contributed by atoms with E-state index in [1.165, 1.54) is 7.11 Å². The van der Waals surface area contributed by atoms with Gasteiger partial charge in [-0.3, -0.25) is 4.79 Å². The SMILES string of the molecule is COC(=O)CCCCCCc1nc(C)sc1CO. The number of thiazole rings is 1. The molecule has 1 rings (SSSR count). The van der Waals surface area contributed by atoms with Gasteiger partial charge in [-0.15, -0.1) is 11.3 Å². The smallest absolute Gasteiger partial charge is 0.305 e. The van der Waals surface area contributed by atoms with Crippen LogP contribution in [0.15, 0.2) is 0 Å². The maximum Gasteiger partial charge on any atom is 0.305 e. The fraction of sp³-hybridized carbons (Fsp3) is 0.692. The Balaban J connectivity index is 2.15. The standard InChI is InChI=1S/C13H21NO3S/c1-10-14-11(12(9-15)18-10)7-5-3-4-6-8-13(16)17-2/h15H,3-9H2,1-2H3. The summed E-state index contributed by atoms with van der Waals surface area (Å²) >= 11 is 1.57. The maximum absolute atomic E-state index is 10.9. The molecule has 102 valence electrons. The second-order valence-electron chi connectivity index (χ2n) is 4.25. The topological polar surface area (TPSA) is 59.4 Å². The van der Waals surface area contributed by atoms with Crippen molar-refractivity contribution in [2.75, 3.05) is 7.11 Å². The molecule has 0 amide bonds. The molecule has 0 bridgehead atoms. The second-order valence-corrected chi connectivity index (χ2v) is 5.54. The highest BCUT2D eigenvalue weighted by Gasteiger charge is 2.07. The molecule has 0 spiro atoms. The fourth-order valence-electron chi connectivity index (χ4n) is 1.85. The fourth-order valence-corrected chi connectivity index (χ4v) is 2.69. The number of hydrogen-bond donors (Lipinski definition) is 1. The third-order valence-electron chi connectivity index (χ3n) is 2.80. The van der Waals surface area contributed by atoms with Gasteiger partial charge in [0.2, 0.25) is 0 Å². The number of rotatable bonds is 8. The van der Waals surface area contributed by atoms with E-state index in [0.29, 0.717) is 6.42 Å². The van der Waals surface area contributed by atoms with E-state index in [9.17, 15) is 9.90 Å². The zero-order valence-electron chi connectivity index (χ0n) is 11.1. The van der Waals surface area contributed by atoms with E-state index in [0.717, 1.165) is 47.7 Å². The van der Waals surface area contributed by atoms with E-state index in [1.807, 2.05) is 6.92 Å². The van der Waals surface area contributed by atoms with Gasteiger partial charge in [0.1, 0.15) is 0 Å². The van der Waals surface area contributed by atoms with Gasteiger partial charge < -0.3 is 9.84 Å². The average molecular weight is 271 g/mol. The van der Waals surface area contributed by atoms with Gasteiger partial charge in [0, 0.05) is 6.42 Å². The molecule has 1 heterocycles. The zero-order valence-corrected chi connectivity index (χ0v) is 11.9. The number of ether oxygens (including phenoxy) is 1. The number of methoxy groups -OCH3 is 1. The predicted molar refractivity (Wildman–Crippen MR) is 71.6 cm³/mol. The van der Waals surface area contributed by atoms with Gasteiger partial charge in [0.15, 0.2) is 0 Å². The molecule has 5 heteroatoms. The number of carbonyl (C=O) groups excluding carboxylic acids is 1. The maximum atomic E-state index is 10.9. The van der Waals surface area contributed by atoms with Crippen LogP contribution in [0.2, 0.25) is 0 Å². The second kappa shape index (κ2) is 8.21. The third-order valence-corrected chi connectivity index (χ3v) is 3.80. The Morgan fingerprint density at radius 1 is 1.33 bits per heavy atom. The van der Waals surface area contributed by atoms with Gasteiger partial charge in [-0.25, -0.2) is 4.98 Å². The summed E-state index contributed by atoms with van der Waals surface area (Å²) in [6.07, 6.45) is 5.48. The van der Waals surface area contributed by atoms with Gasteiger partial charge in [0.25, 0.3) is 0 Å². The molecular weight excluding hydrogens is 250 g/mol. The molecule has 18 heavy (non-hydrogen) atoms. The molecule has 0 saturated carbocycles. The Bertz CT molecular complexity index is 376. The van der Waals surface area contributed by atoms with Gasteiger partial charge in [-0.1, -0.05) is 12.8 Å². The van der Waals surface area contributed by atoms with Crippen molar-refractivity contribution in [3.05, 3.63) is 15.6 Å². The minimum atomic E-state index is -0.132. The van der Waals surface area contributed by atoms with Crippen LogP contribution in [0, 0.1) is 6.92 Å². The number of aliphatic hydroxyl groups excluding tert-OH is 1. The highest BCUT2D eigenvalue weighted by Crippen LogP contribution is 2.20. The van der Waals surface area contributed by atoms with Crippen LogP contribution in [0.4, 0.5) is 0 Å².